The van der Waals surface area contributed by atoms with Gasteiger partial charge in [0.1, 0.15) is 5.75 Å². The molecule has 156 valence electrons. The Balaban J connectivity index is 1.52. The molecule has 3 aromatic rings. The lowest BCUT2D eigenvalue weighted by atomic mass is 9.83. The second-order valence-electron chi connectivity index (χ2n) is 8.08. The predicted octanol–water partition coefficient (Wildman–Crippen LogP) is 7.84. The zero-order valence-corrected chi connectivity index (χ0v) is 17.5. The van der Waals surface area contributed by atoms with E-state index in [1.54, 1.807) is 12.1 Å². The zero-order chi connectivity index (χ0) is 20.9. The third-order valence-electron chi connectivity index (χ3n) is 5.96. The Labute approximate surface area is 177 Å². The van der Waals surface area contributed by atoms with Crippen molar-refractivity contribution in [1.82, 2.24) is 0 Å². The number of hydrogen-bond acceptors (Lipinski definition) is 1. The molecule has 0 aliphatic heterocycles. The lowest BCUT2D eigenvalue weighted by Gasteiger charge is -2.22. The molecule has 3 heteroatoms. The lowest BCUT2D eigenvalue weighted by molar-refractivity contribution is -0.0498. The van der Waals surface area contributed by atoms with Crippen molar-refractivity contribution >= 4 is 0 Å². The summed E-state index contributed by atoms with van der Waals surface area (Å²) in [5, 5.41) is 0. The minimum Gasteiger partial charge on any atom is -0.435 e. The summed E-state index contributed by atoms with van der Waals surface area (Å²) < 4.78 is 29.1. The highest BCUT2D eigenvalue weighted by Crippen LogP contribution is 2.37. The standard InChI is InChI=1S/C27H28F2O/c1-2-3-4-5-6-19-7-15-25-22(17-19)8-9-23-18-21(12-16-26(23)25)20-10-13-24(14-11-20)30-27(28)29/h7,10-18,27H,2-6,8-9H2,1H3. The van der Waals surface area contributed by atoms with Gasteiger partial charge < -0.3 is 4.74 Å². The number of unbranched alkanes of at least 4 members (excludes halogenated alkanes) is 3. The van der Waals surface area contributed by atoms with Crippen LogP contribution < -0.4 is 4.74 Å². The minimum atomic E-state index is -2.79. The van der Waals surface area contributed by atoms with Crippen LogP contribution in [0.5, 0.6) is 5.75 Å². The van der Waals surface area contributed by atoms with Crippen LogP contribution in [0.3, 0.4) is 0 Å². The van der Waals surface area contributed by atoms with Crippen LogP contribution in [0.1, 0.15) is 49.3 Å². The Bertz CT molecular complexity index is 992. The molecule has 0 heterocycles. The number of rotatable bonds is 8. The van der Waals surface area contributed by atoms with E-state index in [4.69, 9.17) is 0 Å². The normalized spacial score (nSPS) is 12.5. The molecule has 30 heavy (non-hydrogen) atoms. The maximum Gasteiger partial charge on any atom is 0.387 e. The van der Waals surface area contributed by atoms with Crippen molar-refractivity contribution in [1.29, 1.82) is 0 Å². The third-order valence-corrected chi connectivity index (χ3v) is 5.96. The van der Waals surface area contributed by atoms with E-state index in [0.717, 1.165) is 24.0 Å². The van der Waals surface area contributed by atoms with Crippen LogP contribution in [-0.2, 0) is 19.3 Å². The van der Waals surface area contributed by atoms with Gasteiger partial charge in [0.05, 0.1) is 0 Å². The summed E-state index contributed by atoms with van der Waals surface area (Å²) in [5.41, 5.74) is 9.04. The Morgan fingerprint density at radius 3 is 2.13 bits per heavy atom. The number of halogens is 2. The maximum atomic E-state index is 12.3. The molecule has 4 rings (SSSR count). The molecule has 1 aliphatic rings. The van der Waals surface area contributed by atoms with Crippen molar-refractivity contribution in [3.05, 3.63) is 77.4 Å². The molecule has 3 aromatic carbocycles. The SMILES string of the molecule is CCCCCCc1ccc2c(c1)CCc1cc(-c3ccc(OC(F)F)cc3)ccc1-2. The monoisotopic (exact) mass is 406 g/mol. The number of hydrogen-bond donors (Lipinski definition) is 0. The highest BCUT2D eigenvalue weighted by Gasteiger charge is 2.17. The maximum absolute atomic E-state index is 12.3. The van der Waals surface area contributed by atoms with Crippen molar-refractivity contribution in [3.8, 4) is 28.0 Å². The zero-order valence-electron chi connectivity index (χ0n) is 17.5. The van der Waals surface area contributed by atoms with Gasteiger partial charge in [0.25, 0.3) is 0 Å². The molecule has 0 fully saturated rings. The van der Waals surface area contributed by atoms with Gasteiger partial charge in [-0.3, -0.25) is 0 Å². The van der Waals surface area contributed by atoms with E-state index >= 15 is 0 Å². The van der Waals surface area contributed by atoms with Gasteiger partial charge in [0.15, 0.2) is 0 Å². The van der Waals surface area contributed by atoms with E-state index in [0.29, 0.717) is 0 Å². The molecule has 0 atom stereocenters. The van der Waals surface area contributed by atoms with Gasteiger partial charge in [0, 0.05) is 0 Å². The van der Waals surface area contributed by atoms with Crippen LogP contribution in [0.4, 0.5) is 8.78 Å². The molecular weight excluding hydrogens is 378 g/mol. The van der Waals surface area contributed by atoms with E-state index in [9.17, 15) is 8.78 Å². The molecule has 0 saturated heterocycles. The number of alkyl halides is 2. The summed E-state index contributed by atoms with van der Waals surface area (Å²) in [6.45, 7) is -0.546. The van der Waals surface area contributed by atoms with Crippen molar-refractivity contribution in [2.45, 2.75) is 58.5 Å². The van der Waals surface area contributed by atoms with Gasteiger partial charge in [0.2, 0.25) is 0 Å². The van der Waals surface area contributed by atoms with Gasteiger partial charge in [-0.1, -0.05) is 74.7 Å². The summed E-state index contributed by atoms with van der Waals surface area (Å²) in [5.74, 6) is 0.186. The molecule has 0 unspecified atom stereocenters. The lowest BCUT2D eigenvalue weighted by Crippen LogP contribution is -2.05. The number of aryl methyl sites for hydroxylation is 3. The molecule has 0 N–H and O–H groups in total. The number of fused-ring (bicyclic) bond motifs is 3. The van der Waals surface area contributed by atoms with Crippen LogP contribution >= 0.6 is 0 Å². The summed E-state index contributed by atoms with van der Waals surface area (Å²) in [4.78, 5) is 0. The Kier molecular flexibility index (Phi) is 6.47. The van der Waals surface area contributed by atoms with Crippen LogP contribution in [0.25, 0.3) is 22.3 Å². The molecule has 1 aliphatic carbocycles. The van der Waals surface area contributed by atoms with Crippen molar-refractivity contribution in [2.75, 3.05) is 0 Å². The van der Waals surface area contributed by atoms with Gasteiger partial charge in [-0.15, -0.1) is 0 Å². The second-order valence-corrected chi connectivity index (χ2v) is 8.08. The molecule has 0 amide bonds. The first kappa shape index (κ1) is 20.6. The van der Waals surface area contributed by atoms with E-state index in [-0.39, 0.29) is 5.75 Å². The molecule has 0 bridgehead atoms. The topological polar surface area (TPSA) is 9.23 Å². The van der Waals surface area contributed by atoms with Crippen molar-refractivity contribution in [2.24, 2.45) is 0 Å². The van der Waals surface area contributed by atoms with Crippen LogP contribution in [0, 0.1) is 0 Å². The minimum absolute atomic E-state index is 0.186. The van der Waals surface area contributed by atoms with E-state index < -0.39 is 6.61 Å². The Morgan fingerprint density at radius 2 is 1.43 bits per heavy atom. The fourth-order valence-electron chi connectivity index (χ4n) is 4.37. The van der Waals surface area contributed by atoms with Crippen molar-refractivity contribution < 1.29 is 13.5 Å². The molecule has 1 nitrogen and oxygen atoms in total. The van der Waals surface area contributed by atoms with Crippen molar-refractivity contribution in [3.63, 3.8) is 0 Å². The predicted molar refractivity (Wildman–Crippen MR) is 119 cm³/mol. The first-order valence-electron chi connectivity index (χ1n) is 10.9. The van der Waals surface area contributed by atoms with Gasteiger partial charge in [-0.05, 0) is 76.8 Å². The van der Waals surface area contributed by atoms with E-state index in [1.807, 2.05) is 12.1 Å². The fraction of sp³-hybridized carbons (Fsp3) is 0.333. The molecule has 0 aromatic heterocycles. The van der Waals surface area contributed by atoms with Gasteiger partial charge in [-0.25, -0.2) is 0 Å². The Morgan fingerprint density at radius 1 is 0.767 bits per heavy atom. The van der Waals surface area contributed by atoms with Gasteiger partial charge in [-0.2, -0.15) is 8.78 Å². The summed E-state index contributed by atoms with van der Waals surface area (Å²) in [7, 11) is 0. The molecule has 0 radical (unpaired) electrons. The number of ether oxygens (including phenoxy) is 1. The average molecular weight is 407 g/mol. The third kappa shape index (κ3) is 4.72. The largest absolute Gasteiger partial charge is 0.435 e. The quantitative estimate of drug-likeness (QED) is 0.346. The molecule has 0 saturated carbocycles. The first-order chi connectivity index (χ1) is 14.6. The summed E-state index contributed by atoms with van der Waals surface area (Å²) in [6, 6.07) is 20.4. The fourth-order valence-corrected chi connectivity index (χ4v) is 4.37. The number of benzene rings is 3. The smallest absolute Gasteiger partial charge is 0.387 e. The summed E-state index contributed by atoms with van der Waals surface area (Å²) in [6.07, 6.45) is 8.45. The van der Waals surface area contributed by atoms with Crippen LogP contribution in [-0.4, -0.2) is 6.61 Å². The molecule has 0 spiro atoms. The first-order valence-corrected chi connectivity index (χ1v) is 10.9. The highest BCUT2D eigenvalue weighted by molar-refractivity contribution is 5.77. The van der Waals surface area contributed by atoms with Gasteiger partial charge >= 0.3 is 6.61 Å². The highest BCUT2D eigenvalue weighted by atomic mass is 19.3. The van der Waals surface area contributed by atoms with Crippen LogP contribution in [0.2, 0.25) is 0 Å². The van der Waals surface area contributed by atoms with E-state index in [1.165, 1.54) is 59.9 Å². The second kappa shape index (κ2) is 9.42. The summed E-state index contributed by atoms with van der Waals surface area (Å²) >= 11 is 0. The Hall–Kier alpha value is -2.68. The van der Waals surface area contributed by atoms with Crippen LogP contribution in [0.15, 0.2) is 60.7 Å². The molecular formula is C27H28F2O. The average Bonchev–Trinajstić information content (AvgIpc) is 2.76. The van der Waals surface area contributed by atoms with E-state index in [2.05, 4.69) is 48.1 Å².